The van der Waals surface area contributed by atoms with E-state index < -0.39 is 0 Å². The van der Waals surface area contributed by atoms with Crippen molar-refractivity contribution in [2.24, 2.45) is 0 Å². The lowest BCUT2D eigenvalue weighted by Crippen LogP contribution is -2.01. The molecule has 0 fully saturated rings. The Kier molecular flexibility index (Phi) is 6.89. The Bertz CT molecular complexity index is 703. The first-order chi connectivity index (χ1) is 11.7. The van der Waals surface area contributed by atoms with E-state index in [9.17, 15) is 0 Å². The number of allylic oxidation sites excluding steroid dienone is 1. The fraction of sp³-hybridized carbons (Fsp3) is 0.429. The summed E-state index contributed by atoms with van der Waals surface area (Å²) in [6.45, 7) is 6.44. The van der Waals surface area contributed by atoms with Crippen molar-refractivity contribution >= 4 is 5.57 Å². The molecule has 2 rings (SSSR count). The molecular formula is C21H28N2O. The summed E-state index contributed by atoms with van der Waals surface area (Å²) in [7, 11) is 1.69. The van der Waals surface area contributed by atoms with Crippen LogP contribution in [0.15, 0.2) is 48.0 Å². The van der Waals surface area contributed by atoms with Crippen molar-refractivity contribution in [3.05, 3.63) is 53.5 Å². The number of ether oxygens (including phenoxy) is 1. The third kappa shape index (κ3) is 4.87. The molecule has 1 aromatic heterocycles. The maximum atomic E-state index is 5.41. The molecule has 1 aromatic carbocycles. The summed E-state index contributed by atoms with van der Waals surface area (Å²) in [5.41, 5.74) is 8.23. The minimum absolute atomic E-state index is 0.840. The van der Waals surface area contributed by atoms with Gasteiger partial charge in [-0.1, -0.05) is 26.2 Å². The van der Waals surface area contributed by atoms with Crippen LogP contribution < -0.4 is 4.74 Å². The van der Waals surface area contributed by atoms with E-state index in [1.165, 1.54) is 42.4 Å². The molecule has 0 unspecified atom stereocenters. The van der Waals surface area contributed by atoms with Gasteiger partial charge in [-0.2, -0.15) is 5.10 Å². The fourth-order valence-corrected chi connectivity index (χ4v) is 2.79. The van der Waals surface area contributed by atoms with Gasteiger partial charge in [0.15, 0.2) is 0 Å². The zero-order valence-electron chi connectivity index (χ0n) is 15.3. The SMILES string of the molecule is CCCCCCC(=C=C(C)C)c1ccc(OC)cc1-n1cccn1. The highest BCUT2D eigenvalue weighted by molar-refractivity contribution is 5.73. The third-order valence-electron chi connectivity index (χ3n) is 3.96. The lowest BCUT2D eigenvalue weighted by atomic mass is 9.97. The quantitative estimate of drug-likeness (QED) is 0.453. The molecule has 0 aliphatic rings. The molecule has 0 spiro atoms. The van der Waals surface area contributed by atoms with Crippen LogP contribution in [0.5, 0.6) is 5.75 Å². The molecule has 2 aromatic rings. The first-order valence-electron chi connectivity index (χ1n) is 8.77. The monoisotopic (exact) mass is 324 g/mol. The number of aromatic nitrogens is 2. The Morgan fingerprint density at radius 2 is 2.04 bits per heavy atom. The third-order valence-corrected chi connectivity index (χ3v) is 3.96. The van der Waals surface area contributed by atoms with Crippen LogP contribution in [0.25, 0.3) is 11.3 Å². The van der Waals surface area contributed by atoms with Crippen LogP contribution in [0, 0.1) is 0 Å². The van der Waals surface area contributed by atoms with Gasteiger partial charge >= 0.3 is 0 Å². The van der Waals surface area contributed by atoms with Crippen molar-refractivity contribution in [3.63, 3.8) is 0 Å². The average molecular weight is 324 g/mol. The van der Waals surface area contributed by atoms with Crippen molar-refractivity contribution in [3.8, 4) is 11.4 Å². The first-order valence-corrected chi connectivity index (χ1v) is 8.77. The Labute approximate surface area is 145 Å². The molecule has 0 amide bonds. The maximum absolute atomic E-state index is 5.41. The van der Waals surface area contributed by atoms with Crippen LogP contribution in [-0.4, -0.2) is 16.9 Å². The Balaban J connectivity index is 2.44. The Morgan fingerprint density at radius 3 is 2.67 bits per heavy atom. The molecule has 3 heteroatoms. The van der Waals surface area contributed by atoms with Gasteiger partial charge in [0.1, 0.15) is 5.75 Å². The van der Waals surface area contributed by atoms with Crippen molar-refractivity contribution in [1.29, 1.82) is 0 Å². The Hall–Kier alpha value is -2.25. The summed E-state index contributed by atoms with van der Waals surface area (Å²) in [6.07, 6.45) is 9.79. The smallest absolute Gasteiger partial charge is 0.121 e. The largest absolute Gasteiger partial charge is 0.497 e. The van der Waals surface area contributed by atoms with Crippen LogP contribution in [0.3, 0.4) is 0 Å². The van der Waals surface area contributed by atoms with Crippen LogP contribution in [0.4, 0.5) is 0 Å². The van der Waals surface area contributed by atoms with Gasteiger partial charge in [0, 0.05) is 29.6 Å². The predicted octanol–water partition coefficient (Wildman–Crippen LogP) is 5.80. The zero-order chi connectivity index (χ0) is 17.4. The summed E-state index contributed by atoms with van der Waals surface area (Å²) in [5.74, 6) is 0.840. The van der Waals surface area contributed by atoms with E-state index >= 15 is 0 Å². The fourth-order valence-electron chi connectivity index (χ4n) is 2.79. The molecule has 3 nitrogen and oxygen atoms in total. The number of benzene rings is 1. The highest BCUT2D eigenvalue weighted by Crippen LogP contribution is 2.30. The van der Waals surface area contributed by atoms with E-state index in [4.69, 9.17) is 4.74 Å². The van der Waals surface area contributed by atoms with Crippen molar-refractivity contribution < 1.29 is 4.74 Å². The molecule has 0 bridgehead atoms. The number of rotatable bonds is 8. The van der Waals surface area contributed by atoms with E-state index in [1.807, 2.05) is 29.1 Å². The topological polar surface area (TPSA) is 27.1 Å². The second-order valence-electron chi connectivity index (χ2n) is 6.25. The lowest BCUT2D eigenvalue weighted by molar-refractivity contribution is 0.414. The molecule has 0 saturated heterocycles. The van der Waals surface area contributed by atoms with Gasteiger partial charge < -0.3 is 4.74 Å². The molecule has 0 atom stereocenters. The van der Waals surface area contributed by atoms with Gasteiger partial charge in [-0.15, -0.1) is 5.73 Å². The van der Waals surface area contributed by atoms with Gasteiger partial charge in [0.2, 0.25) is 0 Å². The number of hydrogen-bond acceptors (Lipinski definition) is 2. The van der Waals surface area contributed by atoms with Crippen molar-refractivity contribution in [2.45, 2.75) is 52.9 Å². The number of methoxy groups -OCH3 is 1. The van der Waals surface area contributed by atoms with E-state index in [1.54, 1.807) is 13.3 Å². The van der Waals surface area contributed by atoms with Crippen LogP contribution in [0.2, 0.25) is 0 Å². The predicted molar refractivity (Wildman–Crippen MR) is 101 cm³/mol. The Morgan fingerprint density at radius 1 is 1.21 bits per heavy atom. The standard InChI is InChI=1S/C21H28N2O/c1-5-6-7-8-10-18(15-17(2)3)20-12-11-19(24-4)16-21(20)23-14-9-13-22-23/h9,11-14,16H,5-8,10H2,1-4H3. The zero-order valence-corrected chi connectivity index (χ0v) is 15.3. The molecule has 0 N–H and O–H groups in total. The molecule has 128 valence electrons. The van der Waals surface area contributed by atoms with Crippen molar-refractivity contribution in [1.82, 2.24) is 9.78 Å². The van der Waals surface area contributed by atoms with E-state index in [2.05, 4.69) is 37.7 Å². The second kappa shape index (κ2) is 9.14. The molecule has 0 saturated carbocycles. The summed E-state index contributed by atoms with van der Waals surface area (Å²) in [5, 5.41) is 4.41. The lowest BCUT2D eigenvalue weighted by Gasteiger charge is -2.14. The van der Waals surface area contributed by atoms with Crippen LogP contribution >= 0.6 is 0 Å². The first kappa shape index (κ1) is 18.1. The summed E-state index contributed by atoms with van der Waals surface area (Å²) in [6, 6.07) is 8.12. The molecule has 1 heterocycles. The minimum Gasteiger partial charge on any atom is -0.497 e. The maximum Gasteiger partial charge on any atom is 0.121 e. The van der Waals surface area contributed by atoms with Gasteiger partial charge in [0.25, 0.3) is 0 Å². The van der Waals surface area contributed by atoms with Gasteiger partial charge in [0.05, 0.1) is 12.8 Å². The second-order valence-corrected chi connectivity index (χ2v) is 6.25. The highest BCUT2D eigenvalue weighted by atomic mass is 16.5. The van der Waals surface area contributed by atoms with Crippen LogP contribution in [0.1, 0.15) is 58.4 Å². The normalized spacial score (nSPS) is 10.3. The van der Waals surface area contributed by atoms with Crippen LogP contribution in [-0.2, 0) is 0 Å². The number of hydrogen-bond donors (Lipinski definition) is 0. The number of nitrogens with zero attached hydrogens (tertiary/aromatic N) is 2. The molecule has 0 radical (unpaired) electrons. The van der Waals surface area contributed by atoms with Gasteiger partial charge in [-0.25, -0.2) is 4.68 Å². The van der Waals surface area contributed by atoms with Gasteiger partial charge in [-0.05, 0) is 50.5 Å². The van der Waals surface area contributed by atoms with E-state index in [0.717, 1.165) is 17.9 Å². The minimum atomic E-state index is 0.840. The molecule has 24 heavy (non-hydrogen) atoms. The summed E-state index contributed by atoms with van der Waals surface area (Å²) >= 11 is 0. The summed E-state index contributed by atoms with van der Waals surface area (Å²) < 4.78 is 7.31. The molecule has 0 aliphatic carbocycles. The highest BCUT2D eigenvalue weighted by Gasteiger charge is 2.11. The van der Waals surface area contributed by atoms with Gasteiger partial charge in [-0.3, -0.25) is 0 Å². The summed E-state index contributed by atoms with van der Waals surface area (Å²) in [4.78, 5) is 0. The van der Waals surface area contributed by atoms with E-state index in [-0.39, 0.29) is 0 Å². The van der Waals surface area contributed by atoms with E-state index in [0.29, 0.717) is 0 Å². The average Bonchev–Trinajstić information content (AvgIpc) is 3.11. The van der Waals surface area contributed by atoms with Crippen molar-refractivity contribution in [2.75, 3.05) is 7.11 Å². The molecular weight excluding hydrogens is 296 g/mol. The molecule has 0 aliphatic heterocycles. The number of unbranched alkanes of at least 4 members (excludes halogenated alkanes) is 3.